The largest absolute Gasteiger partial charge is 0.493 e. The summed E-state index contributed by atoms with van der Waals surface area (Å²) < 4.78 is 7.83. The van der Waals surface area contributed by atoms with Crippen LogP contribution < -0.4 is 4.74 Å². The Morgan fingerprint density at radius 1 is 1.14 bits per heavy atom. The van der Waals surface area contributed by atoms with Gasteiger partial charge < -0.3 is 14.4 Å². The van der Waals surface area contributed by atoms with Crippen molar-refractivity contribution >= 4 is 28.8 Å². The Hall–Kier alpha value is -2.47. The second kappa shape index (κ2) is 8.69. The van der Waals surface area contributed by atoms with Gasteiger partial charge in [-0.05, 0) is 35.2 Å². The maximum absolute atomic E-state index is 11.0. The number of nitrogens with zero attached hydrogens (tertiary/aromatic N) is 2. The zero-order chi connectivity index (χ0) is 20.1. The monoisotopic (exact) mass is 398 g/mol. The number of ether oxygens (including phenoxy) is 1. The zero-order valence-electron chi connectivity index (χ0n) is 16.5. The van der Waals surface area contributed by atoms with Crippen molar-refractivity contribution in [2.24, 2.45) is 0 Å². The molecule has 0 atom stereocenters. The van der Waals surface area contributed by atoms with Crippen molar-refractivity contribution < 1.29 is 14.6 Å². The highest BCUT2D eigenvalue weighted by molar-refractivity contribution is 7.99. The van der Waals surface area contributed by atoms with Gasteiger partial charge in [0.15, 0.2) is 5.16 Å². The van der Waals surface area contributed by atoms with Crippen molar-refractivity contribution in [3.05, 3.63) is 54.1 Å². The molecule has 0 amide bonds. The number of fused-ring (bicyclic) bond motifs is 1. The van der Waals surface area contributed by atoms with Gasteiger partial charge in [0, 0.05) is 12.3 Å². The van der Waals surface area contributed by atoms with Gasteiger partial charge in [-0.3, -0.25) is 4.79 Å². The number of carbonyl (C=O) groups is 1. The van der Waals surface area contributed by atoms with Crippen molar-refractivity contribution in [2.45, 2.75) is 44.3 Å². The van der Waals surface area contributed by atoms with Crippen LogP contribution in [0.4, 0.5) is 0 Å². The van der Waals surface area contributed by atoms with E-state index < -0.39 is 5.97 Å². The molecule has 3 aromatic rings. The smallest absolute Gasteiger partial charge is 0.305 e. The molecule has 1 aromatic heterocycles. The van der Waals surface area contributed by atoms with E-state index in [2.05, 4.69) is 37.9 Å². The van der Waals surface area contributed by atoms with Crippen LogP contribution >= 0.6 is 11.8 Å². The molecule has 2 aromatic carbocycles. The average molecular weight is 399 g/mol. The van der Waals surface area contributed by atoms with Gasteiger partial charge in [-0.25, -0.2) is 4.98 Å². The molecule has 0 radical (unpaired) electrons. The first-order valence-corrected chi connectivity index (χ1v) is 10.4. The molecule has 0 unspecified atom stereocenters. The Morgan fingerprint density at radius 2 is 1.86 bits per heavy atom. The molecule has 28 heavy (non-hydrogen) atoms. The van der Waals surface area contributed by atoms with E-state index in [-0.39, 0.29) is 11.8 Å². The number of imidazole rings is 1. The van der Waals surface area contributed by atoms with Crippen LogP contribution in [-0.4, -0.2) is 33.0 Å². The van der Waals surface area contributed by atoms with E-state index in [0.29, 0.717) is 13.2 Å². The van der Waals surface area contributed by atoms with Crippen LogP contribution in [0.15, 0.2) is 53.7 Å². The Labute approximate surface area is 169 Å². The number of para-hydroxylation sites is 2. The molecule has 0 aliphatic rings. The standard InChI is InChI=1S/C22H26N2O3S/c1-22(2,3)16-8-10-17(11-9-16)27-14-15-28-21-23-18-6-4-5-7-19(18)24(21)13-12-20(25)26/h4-11H,12-15H2,1-3H3,(H,25,26). The molecule has 0 fully saturated rings. The fourth-order valence-corrected chi connectivity index (χ4v) is 3.79. The van der Waals surface area contributed by atoms with Crippen molar-refractivity contribution in [1.82, 2.24) is 9.55 Å². The van der Waals surface area contributed by atoms with Gasteiger partial charge in [-0.2, -0.15) is 0 Å². The Bertz CT molecular complexity index is 943. The van der Waals surface area contributed by atoms with Gasteiger partial charge >= 0.3 is 5.97 Å². The molecule has 1 heterocycles. The minimum atomic E-state index is -0.809. The Kier molecular flexibility index (Phi) is 6.29. The van der Waals surface area contributed by atoms with Crippen LogP contribution in [0.3, 0.4) is 0 Å². The number of rotatable bonds is 8. The number of hydrogen-bond donors (Lipinski definition) is 1. The average Bonchev–Trinajstić information content (AvgIpc) is 3.00. The van der Waals surface area contributed by atoms with Crippen molar-refractivity contribution in [1.29, 1.82) is 0 Å². The third kappa shape index (κ3) is 5.07. The van der Waals surface area contributed by atoms with Gasteiger partial charge in [-0.15, -0.1) is 0 Å². The lowest BCUT2D eigenvalue weighted by Gasteiger charge is -2.19. The number of carboxylic acids is 1. The summed E-state index contributed by atoms with van der Waals surface area (Å²) in [4.78, 5) is 15.6. The fourth-order valence-electron chi connectivity index (χ4n) is 2.93. The number of thioether (sulfide) groups is 1. The molecule has 148 valence electrons. The summed E-state index contributed by atoms with van der Waals surface area (Å²) >= 11 is 1.59. The van der Waals surface area contributed by atoms with E-state index in [9.17, 15) is 4.79 Å². The van der Waals surface area contributed by atoms with Crippen molar-refractivity contribution in [2.75, 3.05) is 12.4 Å². The van der Waals surface area contributed by atoms with Crippen LogP contribution in [0.2, 0.25) is 0 Å². The number of aryl methyl sites for hydroxylation is 1. The zero-order valence-corrected chi connectivity index (χ0v) is 17.3. The highest BCUT2D eigenvalue weighted by Gasteiger charge is 2.14. The third-order valence-corrected chi connectivity index (χ3v) is 5.41. The molecule has 0 saturated heterocycles. The lowest BCUT2D eigenvalue weighted by molar-refractivity contribution is -0.137. The van der Waals surface area contributed by atoms with E-state index in [1.54, 1.807) is 11.8 Å². The second-order valence-corrected chi connectivity index (χ2v) is 8.71. The van der Waals surface area contributed by atoms with Crippen LogP contribution in [0.1, 0.15) is 32.8 Å². The first-order valence-electron chi connectivity index (χ1n) is 9.38. The number of aromatic nitrogens is 2. The Balaban J connectivity index is 1.60. The molecule has 0 aliphatic carbocycles. The molecule has 0 spiro atoms. The summed E-state index contributed by atoms with van der Waals surface area (Å²) in [6, 6.07) is 16.0. The highest BCUT2D eigenvalue weighted by Crippen LogP contribution is 2.26. The third-order valence-electron chi connectivity index (χ3n) is 4.47. The fraction of sp³-hybridized carbons (Fsp3) is 0.364. The van der Waals surface area contributed by atoms with Crippen molar-refractivity contribution in [3.8, 4) is 5.75 Å². The van der Waals surface area contributed by atoms with Gasteiger partial charge in [0.1, 0.15) is 5.75 Å². The van der Waals surface area contributed by atoms with Crippen LogP contribution in [0.5, 0.6) is 5.75 Å². The summed E-state index contributed by atoms with van der Waals surface area (Å²) in [6.45, 7) is 7.54. The summed E-state index contributed by atoms with van der Waals surface area (Å²) in [5.41, 5.74) is 3.25. The minimum Gasteiger partial charge on any atom is -0.493 e. The normalized spacial score (nSPS) is 11.7. The van der Waals surface area contributed by atoms with Gasteiger partial charge in [-0.1, -0.05) is 56.8 Å². The summed E-state index contributed by atoms with van der Waals surface area (Å²) in [7, 11) is 0. The predicted molar refractivity (Wildman–Crippen MR) is 113 cm³/mol. The molecular formula is C22H26N2O3S. The highest BCUT2D eigenvalue weighted by atomic mass is 32.2. The Morgan fingerprint density at radius 3 is 2.54 bits per heavy atom. The number of aliphatic carboxylic acids is 1. The molecule has 1 N–H and O–H groups in total. The maximum Gasteiger partial charge on any atom is 0.305 e. The molecule has 0 saturated carbocycles. The van der Waals surface area contributed by atoms with E-state index in [1.165, 1.54) is 5.56 Å². The van der Waals surface area contributed by atoms with E-state index in [1.807, 2.05) is 41.0 Å². The maximum atomic E-state index is 11.0. The van der Waals surface area contributed by atoms with Crippen molar-refractivity contribution in [3.63, 3.8) is 0 Å². The lowest BCUT2D eigenvalue weighted by atomic mass is 9.87. The summed E-state index contributed by atoms with van der Waals surface area (Å²) in [5, 5.41) is 9.85. The molecular weight excluding hydrogens is 372 g/mol. The lowest BCUT2D eigenvalue weighted by Crippen LogP contribution is -2.10. The molecule has 5 nitrogen and oxygen atoms in total. The molecule has 3 rings (SSSR count). The topological polar surface area (TPSA) is 64.4 Å². The second-order valence-electron chi connectivity index (χ2n) is 7.65. The van der Waals surface area contributed by atoms with E-state index in [4.69, 9.17) is 9.84 Å². The van der Waals surface area contributed by atoms with Gasteiger partial charge in [0.25, 0.3) is 0 Å². The SMILES string of the molecule is CC(C)(C)c1ccc(OCCSc2nc3ccccc3n2CCC(=O)O)cc1. The number of carboxylic acid groups (broad SMARTS) is 1. The van der Waals surface area contributed by atoms with E-state index >= 15 is 0 Å². The molecule has 0 aliphatic heterocycles. The first-order chi connectivity index (χ1) is 13.3. The number of hydrogen-bond acceptors (Lipinski definition) is 4. The molecule has 6 heteroatoms. The van der Waals surface area contributed by atoms with Gasteiger partial charge in [0.2, 0.25) is 0 Å². The minimum absolute atomic E-state index is 0.0739. The first kappa shape index (κ1) is 20.3. The summed E-state index contributed by atoms with van der Waals surface area (Å²) in [5.74, 6) is 0.779. The molecule has 0 bridgehead atoms. The van der Waals surface area contributed by atoms with E-state index in [0.717, 1.165) is 27.7 Å². The summed E-state index contributed by atoms with van der Waals surface area (Å²) in [6.07, 6.45) is 0.0739. The quantitative estimate of drug-likeness (QED) is 0.428. The predicted octanol–water partition coefficient (Wildman–Crippen LogP) is 4.98. The number of benzene rings is 2. The van der Waals surface area contributed by atoms with Crippen LogP contribution in [0, 0.1) is 0 Å². The van der Waals surface area contributed by atoms with Crippen LogP contribution in [-0.2, 0) is 16.8 Å². The van der Waals surface area contributed by atoms with Gasteiger partial charge in [0.05, 0.1) is 24.1 Å². The van der Waals surface area contributed by atoms with Crippen LogP contribution in [0.25, 0.3) is 11.0 Å².